The van der Waals surface area contributed by atoms with Gasteiger partial charge in [-0.3, -0.25) is 9.79 Å². The zero-order valence-corrected chi connectivity index (χ0v) is 18.6. The van der Waals surface area contributed by atoms with Crippen LogP contribution in [-0.4, -0.2) is 17.7 Å². The molecule has 4 heteroatoms. The third-order valence-electron chi connectivity index (χ3n) is 4.62. The van der Waals surface area contributed by atoms with Crippen LogP contribution in [0.2, 0.25) is 0 Å². The molecule has 0 spiro atoms. The molecule has 0 bridgehead atoms. The molecule has 1 aromatic carbocycles. The van der Waals surface area contributed by atoms with E-state index in [4.69, 9.17) is 4.99 Å². The van der Waals surface area contributed by atoms with Gasteiger partial charge in [0.15, 0.2) is 5.78 Å². The topological polar surface area (TPSA) is 29.4 Å². The van der Waals surface area contributed by atoms with Crippen LogP contribution in [0.4, 0.5) is 0 Å². The van der Waals surface area contributed by atoms with Crippen molar-refractivity contribution < 1.29 is 4.79 Å². The Balaban J connectivity index is 0.000000706. The molecule has 0 fully saturated rings. The minimum atomic E-state index is 0.121. The van der Waals surface area contributed by atoms with E-state index in [1.54, 1.807) is 18.3 Å². The average Bonchev–Trinajstić information content (AvgIpc) is 3.30. The zero-order valence-electron chi connectivity index (χ0n) is 16.6. The molecule has 2 atom stereocenters. The highest BCUT2D eigenvalue weighted by Crippen LogP contribution is 2.38. The highest BCUT2D eigenvalue weighted by Gasteiger charge is 2.29. The van der Waals surface area contributed by atoms with Gasteiger partial charge in [-0.15, -0.1) is 20.6 Å². The van der Waals surface area contributed by atoms with Crippen molar-refractivity contribution in [2.75, 3.05) is 6.16 Å². The van der Waals surface area contributed by atoms with Gasteiger partial charge < -0.3 is 0 Å². The summed E-state index contributed by atoms with van der Waals surface area (Å²) in [7, 11) is 2.58. The van der Waals surface area contributed by atoms with Crippen molar-refractivity contribution >= 4 is 37.6 Å². The molecule has 1 aromatic heterocycles. The minimum Gasteiger partial charge on any atom is -0.294 e. The van der Waals surface area contributed by atoms with Crippen LogP contribution in [0, 0.1) is 12.8 Å². The molecule has 2 nitrogen and oxygen atoms in total. The maximum absolute atomic E-state index is 11.6. The fourth-order valence-electron chi connectivity index (χ4n) is 3.38. The lowest BCUT2D eigenvalue weighted by atomic mass is 9.85. The molecule has 2 aromatic rings. The van der Waals surface area contributed by atoms with E-state index < -0.39 is 0 Å². The number of aryl methyl sites for hydroxylation is 1. The fourth-order valence-corrected chi connectivity index (χ4v) is 4.33. The van der Waals surface area contributed by atoms with Crippen LogP contribution in [0.3, 0.4) is 0 Å². The molecular formula is C24H26NOPS. The Kier molecular flexibility index (Phi) is 6.93. The fraction of sp³-hybridized carbons (Fsp3) is 0.250. The Morgan fingerprint density at radius 3 is 2.71 bits per heavy atom. The van der Waals surface area contributed by atoms with E-state index in [-0.39, 0.29) is 11.7 Å². The van der Waals surface area contributed by atoms with Crippen molar-refractivity contribution in [3.8, 4) is 0 Å². The van der Waals surface area contributed by atoms with E-state index in [1.165, 1.54) is 28.4 Å². The first kappa shape index (κ1) is 20.6. The number of aliphatic imine (C=N–C) groups is 1. The smallest absolute Gasteiger partial charge is 0.169 e. The number of carbonyl (C=O) groups is 1. The monoisotopic (exact) mass is 407 g/mol. The van der Waals surface area contributed by atoms with Gasteiger partial charge in [0.2, 0.25) is 0 Å². The summed E-state index contributed by atoms with van der Waals surface area (Å²) in [6, 6.07) is 12.6. The first-order valence-corrected chi connectivity index (χ1v) is 11.2. The van der Waals surface area contributed by atoms with Crippen molar-refractivity contribution in [1.29, 1.82) is 0 Å². The first-order chi connectivity index (χ1) is 13.5. The summed E-state index contributed by atoms with van der Waals surface area (Å²) in [5.74, 6) is 0.318. The van der Waals surface area contributed by atoms with E-state index in [0.29, 0.717) is 0 Å². The second-order valence-corrected chi connectivity index (χ2v) is 8.85. The summed E-state index contributed by atoms with van der Waals surface area (Å²) in [6.07, 6.45) is 10.5. The number of carbonyl (C=O) groups excluding carboxylic acids is 1. The lowest BCUT2D eigenvalue weighted by Crippen LogP contribution is -2.17. The molecule has 1 aliphatic carbocycles. The molecule has 0 radical (unpaired) electrons. The number of rotatable bonds is 4. The summed E-state index contributed by atoms with van der Waals surface area (Å²) < 4.78 is 0. The standard InChI is InChI=1S/C22H19NOS.C2H7P/c1-14-5-3-6-16(11-14)12-17-7-4-8-18-19(13-23-22(17)18)21-10-9-20(25-21)15(2)24;1-2-3/h3-11,13,18H,12H2,1-2H3;2-3H2,1H3. The summed E-state index contributed by atoms with van der Waals surface area (Å²) in [4.78, 5) is 18.2. The number of benzene rings is 1. The molecule has 0 amide bonds. The molecular weight excluding hydrogens is 381 g/mol. The highest BCUT2D eigenvalue weighted by molar-refractivity contribution is 7.16. The SMILES string of the molecule is CC(=O)c1ccc(C2=CN=C3C(Cc4cccc(C)c4)=CC=CC23)s1.CCP. The van der Waals surface area contributed by atoms with Crippen molar-refractivity contribution in [3.05, 3.63) is 87.3 Å². The Labute approximate surface area is 174 Å². The van der Waals surface area contributed by atoms with E-state index >= 15 is 0 Å². The summed E-state index contributed by atoms with van der Waals surface area (Å²) in [5, 5.41) is 0. The van der Waals surface area contributed by atoms with Gasteiger partial charge >= 0.3 is 0 Å². The maximum Gasteiger partial charge on any atom is 0.169 e. The van der Waals surface area contributed by atoms with Gasteiger partial charge in [0.05, 0.1) is 10.6 Å². The van der Waals surface area contributed by atoms with Crippen molar-refractivity contribution in [3.63, 3.8) is 0 Å². The molecule has 28 heavy (non-hydrogen) atoms. The molecule has 0 N–H and O–H groups in total. The van der Waals surface area contributed by atoms with Crippen LogP contribution < -0.4 is 0 Å². The minimum absolute atomic E-state index is 0.121. The molecule has 2 aliphatic rings. The summed E-state index contributed by atoms with van der Waals surface area (Å²) >= 11 is 1.56. The lowest BCUT2D eigenvalue weighted by Gasteiger charge is -2.19. The molecule has 0 saturated carbocycles. The Morgan fingerprint density at radius 1 is 1.25 bits per heavy atom. The maximum atomic E-state index is 11.6. The van der Waals surface area contributed by atoms with Gasteiger partial charge in [-0.1, -0.05) is 55.0 Å². The van der Waals surface area contributed by atoms with Crippen molar-refractivity contribution in [2.45, 2.75) is 27.2 Å². The van der Waals surface area contributed by atoms with E-state index in [0.717, 1.165) is 21.9 Å². The molecule has 0 saturated heterocycles. The van der Waals surface area contributed by atoms with Gasteiger partial charge in [-0.2, -0.15) is 0 Å². The number of nitrogens with zero attached hydrogens (tertiary/aromatic N) is 1. The lowest BCUT2D eigenvalue weighted by molar-refractivity contribution is 0.102. The van der Waals surface area contributed by atoms with E-state index in [1.807, 2.05) is 18.3 Å². The molecule has 1 aliphatic heterocycles. The number of allylic oxidation sites excluding steroid dienone is 5. The summed E-state index contributed by atoms with van der Waals surface area (Å²) in [5.41, 5.74) is 6.19. The molecule has 144 valence electrons. The number of thiophene rings is 1. The van der Waals surface area contributed by atoms with E-state index in [9.17, 15) is 4.79 Å². The molecule has 4 rings (SSSR count). The van der Waals surface area contributed by atoms with Crippen LogP contribution in [0.25, 0.3) is 5.57 Å². The van der Waals surface area contributed by atoms with Gasteiger partial charge in [0, 0.05) is 22.6 Å². The predicted molar refractivity (Wildman–Crippen MR) is 126 cm³/mol. The number of ketones is 1. The largest absolute Gasteiger partial charge is 0.294 e. The molecule has 2 unspecified atom stereocenters. The van der Waals surface area contributed by atoms with Gasteiger partial charge in [0.25, 0.3) is 0 Å². The number of Topliss-reactive ketones (excluding diaryl/α,β-unsaturated/α-hetero) is 1. The second kappa shape index (κ2) is 9.41. The van der Waals surface area contributed by atoms with E-state index in [2.05, 4.69) is 65.6 Å². The van der Waals surface area contributed by atoms with Crippen LogP contribution >= 0.6 is 20.6 Å². The Hall–Kier alpha value is -2.09. The van der Waals surface area contributed by atoms with Crippen LogP contribution in [0.15, 0.2) is 71.4 Å². The molecule has 2 heterocycles. The average molecular weight is 408 g/mol. The summed E-state index contributed by atoms with van der Waals surface area (Å²) in [6.45, 7) is 5.83. The van der Waals surface area contributed by atoms with Crippen LogP contribution in [0.1, 0.15) is 39.5 Å². The number of hydrogen-bond donors (Lipinski definition) is 0. The van der Waals surface area contributed by atoms with Crippen molar-refractivity contribution in [2.24, 2.45) is 10.9 Å². The number of hydrogen-bond acceptors (Lipinski definition) is 3. The van der Waals surface area contributed by atoms with Gasteiger partial charge in [0.1, 0.15) is 0 Å². The quantitative estimate of drug-likeness (QED) is 0.432. The Bertz CT molecular complexity index is 994. The number of fused-ring (bicyclic) bond motifs is 1. The van der Waals surface area contributed by atoms with Crippen LogP contribution in [-0.2, 0) is 6.42 Å². The normalized spacial score (nSPS) is 17.1. The van der Waals surface area contributed by atoms with Crippen LogP contribution in [0.5, 0.6) is 0 Å². The third-order valence-corrected chi connectivity index (χ3v) is 5.85. The third kappa shape index (κ3) is 4.66. The Morgan fingerprint density at radius 2 is 2.04 bits per heavy atom. The zero-order chi connectivity index (χ0) is 20.1. The van der Waals surface area contributed by atoms with Gasteiger partial charge in [-0.25, -0.2) is 0 Å². The van der Waals surface area contributed by atoms with Crippen molar-refractivity contribution in [1.82, 2.24) is 0 Å². The first-order valence-electron chi connectivity index (χ1n) is 9.55. The highest BCUT2D eigenvalue weighted by atomic mass is 32.1. The predicted octanol–water partition coefficient (Wildman–Crippen LogP) is 6.29. The van der Waals surface area contributed by atoms with Gasteiger partial charge in [-0.05, 0) is 49.7 Å². The second-order valence-electron chi connectivity index (χ2n) is 6.95.